The number of fused-ring (bicyclic) bond motifs is 2. The van der Waals surface area contributed by atoms with E-state index in [2.05, 4.69) is 27.5 Å². The van der Waals surface area contributed by atoms with E-state index in [-0.39, 0.29) is 11.8 Å². The van der Waals surface area contributed by atoms with Crippen LogP contribution in [0.2, 0.25) is 5.02 Å². The van der Waals surface area contributed by atoms with Crippen molar-refractivity contribution in [1.82, 2.24) is 19.7 Å². The maximum Gasteiger partial charge on any atom is 0.326 e. The number of aromatic nitrogens is 3. The first kappa shape index (κ1) is 23.7. The minimum Gasteiger partial charge on any atom is -0.480 e. The van der Waals surface area contributed by atoms with Gasteiger partial charge in [-0.2, -0.15) is 5.10 Å². The van der Waals surface area contributed by atoms with Crippen molar-refractivity contribution in [3.63, 3.8) is 0 Å². The Kier molecular flexibility index (Phi) is 5.18. The number of carbonyl (C=O) groups is 2. The maximum absolute atomic E-state index is 13.2. The summed E-state index contributed by atoms with van der Waals surface area (Å²) in [5.41, 5.74) is 6.94. The van der Waals surface area contributed by atoms with Crippen LogP contribution in [0, 0.1) is 5.92 Å². The number of amides is 1. The third-order valence-corrected chi connectivity index (χ3v) is 8.62. The van der Waals surface area contributed by atoms with Crippen LogP contribution in [-0.2, 0) is 15.0 Å². The van der Waals surface area contributed by atoms with Crippen molar-refractivity contribution in [2.75, 3.05) is 12.4 Å². The highest BCUT2D eigenvalue weighted by Crippen LogP contribution is 2.64. The molecule has 3 unspecified atom stereocenters. The summed E-state index contributed by atoms with van der Waals surface area (Å²) in [6.07, 6.45) is 6.17. The molecule has 1 fully saturated rings. The zero-order valence-corrected chi connectivity index (χ0v) is 21.8. The summed E-state index contributed by atoms with van der Waals surface area (Å²) in [7, 11) is 1.77. The monoisotopic (exact) mass is 537 g/mol. The van der Waals surface area contributed by atoms with E-state index in [1.807, 2.05) is 54.7 Å². The number of rotatable bonds is 5. The van der Waals surface area contributed by atoms with Gasteiger partial charge in [0, 0.05) is 30.6 Å². The zero-order chi connectivity index (χ0) is 26.9. The highest BCUT2D eigenvalue weighted by atomic mass is 35.5. The summed E-state index contributed by atoms with van der Waals surface area (Å²) in [5.74, 6) is -0.899. The standard InChI is InChI=1S/C30H24ClN5O3/c1-35-14-20(10-27(35)28(37)38)24-13-30(24)23-11-22(25(31)12-26(23)34-29(30)39)19-4-2-17(3-5-19)18-6-8-21(9-7-18)36-16-32-15-33-36/h2-9,11-12,14-16,24,27H,10,13H2,1H3,(H,34,39)(H,37,38). The Morgan fingerprint density at radius 2 is 1.77 bits per heavy atom. The molecule has 2 N–H and O–H groups in total. The second-order valence-corrected chi connectivity index (χ2v) is 10.9. The summed E-state index contributed by atoms with van der Waals surface area (Å²) in [4.78, 5) is 30.6. The Bertz CT molecular complexity index is 1660. The SMILES string of the molecule is CN1C=C(C2CC23C(=O)Nc2cc(Cl)c(-c4ccc(-c5ccc(-n6cncn6)cc5)cc4)cc23)CC1C(=O)O. The molecule has 3 heterocycles. The summed E-state index contributed by atoms with van der Waals surface area (Å²) < 4.78 is 1.71. The Hall–Kier alpha value is -4.43. The van der Waals surface area contributed by atoms with Gasteiger partial charge in [0.2, 0.25) is 5.91 Å². The van der Waals surface area contributed by atoms with Crippen LogP contribution in [-0.4, -0.2) is 49.7 Å². The number of benzene rings is 3. The quantitative estimate of drug-likeness (QED) is 0.366. The van der Waals surface area contributed by atoms with Crippen molar-refractivity contribution in [3.05, 3.63) is 95.7 Å². The number of hydrogen-bond donors (Lipinski definition) is 2. The number of carbonyl (C=O) groups excluding carboxylic acids is 1. The maximum atomic E-state index is 13.2. The van der Waals surface area contributed by atoms with Crippen molar-refractivity contribution in [1.29, 1.82) is 0 Å². The minimum absolute atomic E-state index is 0.0116. The molecule has 1 spiro atoms. The third kappa shape index (κ3) is 3.66. The number of hydrogen-bond acceptors (Lipinski definition) is 5. The molecule has 39 heavy (non-hydrogen) atoms. The van der Waals surface area contributed by atoms with Crippen molar-refractivity contribution in [2.45, 2.75) is 24.3 Å². The number of halogens is 1. The van der Waals surface area contributed by atoms with E-state index in [0.29, 0.717) is 17.9 Å². The molecule has 0 bridgehead atoms. The molecule has 1 aromatic heterocycles. The molecule has 7 rings (SSSR count). The number of nitrogens with zero attached hydrogens (tertiary/aromatic N) is 4. The molecular formula is C30H24ClN5O3. The Balaban J connectivity index is 1.17. The predicted molar refractivity (Wildman–Crippen MR) is 148 cm³/mol. The Labute approximate surface area is 229 Å². The van der Waals surface area contributed by atoms with Crippen molar-refractivity contribution >= 4 is 29.2 Å². The van der Waals surface area contributed by atoms with Crippen LogP contribution in [0.1, 0.15) is 18.4 Å². The average molecular weight is 538 g/mol. The molecule has 3 aromatic carbocycles. The number of carboxylic acid groups (broad SMARTS) is 1. The van der Waals surface area contributed by atoms with E-state index >= 15 is 0 Å². The van der Waals surface area contributed by atoms with Crippen LogP contribution in [0.5, 0.6) is 0 Å². The van der Waals surface area contributed by atoms with Crippen LogP contribution in [0.15, 0.2) is 85.1 Å². The van der Waals surface area contributed by atoms with Crippen molar-refractivity contribution < 1.29 is 14.7 Å². The van der Waals surface area contributed by atoms with Crippen LogP contribution in [0.4, 0.5) is 5.69 Å². The lowest BCUT2D eigenvalue weighted by Crippen LogP contribution is -2.31. The molecule has 194 valence electrons. The third-order valence-electron chi connectivity index (χ3n) is 8.30. The van der Waals surface area contributed by atoms with Gasteiger partial charge in [0.05, 0.1) is 16.1 Å². The number of nitrogens with one attached hydrogen (secondary N) is 1. The summed E-state index contributed by atoms with van der Waals surface area (Å²) in [6, 6.07) is 19.6. The lowest BCUT2D eigenvalue weighted by molar-refractivity contribution is -0.141. The van der Waals surface area contributed by atoms with Gasteiger partial charge in [-0.3, -0.25) is 4.79 Å². The van der Waals surface area contributed by atoms with E-state index in [0.717, 1.165) is 44.8 Å². The molecular weight excluding hydrogens is 514 g/mol. The lowest BCUT2D eigenvalue weighted by atomic mass is 9.89. The first-order chi connectivity index (χ1) is 18.8. The molecule has 2 aliphatic heterocycles. The number of likely N-dealkylation sites (N-methyl/N-ethyl adjacent to an activating group) is 1. The van der Waals surface area contributed by atoms with Gasteiger partial charge in [-0.15, -0.1) is 0 Å². The largest absolute Gasteiger partial charge is 0.480 e. The molecule has 9 heteroatoms. The van der Waals surface area contributed by atoms with Gasteiger partial charge in [0.15, 0.2) is 0 Å². The number of aliphatic carboxylic acids is 1. The highest BCUT2D eigenvalue weighted by molar-refractivity contribution is 6.34. The fraction of sp³-hybridized carbons (Fsp3) is 0.200. The molecule has 1 amide bonds. The molecule has 8 nitrogen and oxygen atoms in total. The number of carboxylic acids is 1. The van der Waals surface area contributed by atoms with E-state index < -0.39 is 17.4 Å². The fourth-order valence-electron chi connectivity index (χ4n) is 6.14. The fourth-order valence-corrected chi connectivity index (χ4v) is 6.41. The summed E-state index contributed by atoms with van der Waals surface area (Å²) in [5, 5.41) is 17.3. The first-order valence-corrected chi connectivity index (χ1v) is 13.1. The number of anilines is 1. The topological polar surface area (TPSA) is 100 Å². The van der Waals surface area contributed by atoms with Crippen LogP contribution >= 0.6 is 11.6 Å². The second-order valence-electron chi connectivity index (χ2n) is 10.5. The normalized spacial score (nSPS) is 23.1. The van der Waals surface area contributed by atoms with E-state index in [1.54, 1.807) is 23.0 Å². The van der Waals surface area contributed by atoms with Crippen LogP contribution < -0.4 is 5.32 Å². The Morgan fingerprint density at radius 3 is 2.41 bits per heavy atom. The van der Waals surface area contributed by atoms with Crippen molar-refractivity contribution in [2.24, 2.45) is 5.92 Å². The second kappa shape index (κ2) is 8.54. The summed E-state index contributed by atoms with van der Waals surface area (Å²) >= 11 is 6.72. The van der Waals surface area contributed by atoms with Gasteiger partial charge < -0.3 is 15.3 Å². The molecule has 0 saturated heterocycles. The average Bonchev–Trinajstić information content (AvgIpc) is 3.20. The molecule has 1 saturated carbocycles. The van der Waals surface area contributed by atoms with Gasteiger partial charge in [-0.1, -0.05) is 48.0 Å². The van der Waals surface area contributed by atoms with Gasteiger partial charge in [0.25, 0.3) is 0 Å². The van der Waals surface area contributed by atoms with Gasteiger partial charge in [-0.25, -0.2) is 14.5 Å². The van der Waals surface area contributed by atoms with Gasteiger partial charge >= 0.3 is 5.97 Å². The van der Waals surface area contributed by atoms with Crippen LogP contribution in [0.3, 0.4) is 0 Å². The summed E-state index contributed by atoms with van der Waals surface area (Å²) in [6.45, 7) is 0. The van der Waals surface area contributed by atoms with Gasteiger partial charge in [0.1, 0.15) is 18.7 Å². The van der Waals surface area contributed by atoms with Crippen molar-refractivity contribution in [3.8, 4) is 27.9 Å². The first-order valence-electron chi connectivity index (χ1n) is 12.7. The smallest absolute Gasteiger partial charge is 0.326 e. The van der Waals surface area contributed by atoms with E-state index in [9.17, 15) is 14.7 Å². The zero-order valence-electron chi connectivity index (χ0n) is 21.0. The molecule has 0 radical (unpaired) electrons. The minimum atomic E-state index is -0.849. The lowest BCUT2D eigenvalue weighted by Gasteiger charge is -2.15. The van der Waals surface area contributed by atoms with E-state index in [1.165, 1.54) is 6.33 Å². The van der Waals surface area contributed by atoms with Gasteiger partial charge in [-0.05, 0) is 64.7 Å². The molecule has 4 aromatic rings. The molecule has 1 aliphatic carbocycles. The van der Waals surface area contributed by atoms with E-state index in [4.69, 9.17) is 11.6 Å². The molecule has 3 aliphatic rings. The van der Waals surface area contributed by atoms with Crippen LogP contribution in [0.25, 0.3) is 27.9 Å². The predicted octanol–water partition coefficient (Wildman–Crippen LogP) is 5.14. The highest BCUT2D eigenvalue weighted by Gasteiger charge is 2.66. The molecule has 3 atom stereocenters. The Morgan fingerprint density at radius 1 is 1.08 bits per heavy atom.